The molecule has 1 amide bonds. The summed E-state index contributed by atoms with van der Waals surface area (Å²) in [6.07, 6.45) is -2.32. The highest BCUT2D eigenvalue weighted by Gasteiger charge is 2.34. The Hall–Kier alpha value is -3.27. The number of imidazole rings is 1. The molecule has 2 heterocycles. The number of rotatable bonds is 9. The van der Waals surface area contributed by atoms with Crippen LogP contribution in [-0.2, 0) is 6.18 Å². The highest BCUT2D eigenvalue weighted by molar-refractivity contribution is 5.96. The van der Waals surface area contributed by atoms with E-state index in [0.29, 0.717) is 36.5 Å². The van der Waals surface area contributed by atoms with E-state index in [1.54, 1.807) is 36.4 Å². The molecule has 1 atom stereocenters. The van der Waals surface area contributed by atoms with E-state index >= 15 is 0 Å². The Balaban J connectivity index is 1.57. The number of halogens is 3. The average molecular weight is 435 g/mol. The van der Waals surface area contributed by atoms with E-state index in [4.69, 9.17) is 10.5 Å². The van der Waals surface area contributed by atoms with E-state index < -0.39 is 11.9 Å². The molecule has 1 unspecified atom stereocenters. The number of nitrogens with zero attached hydrogens (tertiary/aromatic N) is 2. The van der Waals surface area contributed by atoms with Crippen LogP contribution >= 0.6 is 0 Å². The molecule has 0 aliphatic carbocycles. The number of pyridine rings is 1. The van der Waals surface area contributed by atoms with Gasteiger partial charge in [0, 0.05) is 25.3 Å². The van der Waals surface area contributed by atoms with Crippen LogP contribution in [0.3, 0.4) is 0 Å². The van der Waals surface area contributed by atoms with Crippen LogP contribution in [0.25, 0.3) is 5.65 Å². The van der Waals surface area contributed by atoms with Crippen LogP contribution in [0.5, 0.6) is 5.75 Å². The first-order valence-corrected chi connectivity index (χ1v) is 9.76. The van der Waals surface area contributed by atoms with Crippen LogP contribution in [0.1, 0.15) is 28.9 Å². The van der Waals surface area contributed by atoms with Gasteiger partial charge in [-0.15, -0.1) is 0 Å². The SMILES string of the molecule is COc1ccccc1C(=O)NCCCC(CN)Nc1cccc2nc(C(F)(F)F)cn12. The molecule has 3 aromatic rings. The fourth-order valence-corrected chi connectivity index (χ4v) is 3.20. The monoisotopic (exact) mass is 435 g/mol. The topological polar surface area (TPSA) is 93.7 Å². The molecule has 31 heavy (non-hydrogen) atoms. The van der Waals surface area contributed by atoms with E-state index in [9.17, 15) is 18.0 Å². The number of carbonyl (C=O) groups excluding carboxylic acids is 1. The molecule has 0 fully saturated rings. The van der Waals surface area contributed by atoms with Gasteiger partial charge in [-0.05, 0) is 37.1 Å². The van der Waals surface area contributed by atoms with Crippen molar-refractivity contribution in [2.45, 2.75) is 25.1 Å². The minimum absolute atomic E-state index is 0.189. The number of hydrogen-bond donors (Lipinski definition) is 3. The lowest BCUT2D eigenvalue weighted by Crippen LogP contribution is -2.31. The fourth-order valence-electron chi connectivity index (χ4n) is 3.20. The molecule has 0 radical (unpaired) electrons. The van der Waals surface area contributed by atoms with Crippen LogP contribution in [-0.4, -0.2) is 41.5 Å². The molecule has 3 rings (SSSR count). The molecule has 166 valence electrons. The van der Waals surface area contributed by atoms with Gasteiger partial charge in [0.25, 0.3) is 5.91 Å². The lowest BCUT2D eigenvalue weighted by molar-refractivity contribution is -0.140. The summed E-state index contributed by atoms with van der Waals surface area (Å²) in [4.78, 5) is 16.0. The third kappa shape index (κ3) is 5.46. The predicted molar refractivity (Wildman–Crippen MR) is 111 cm³/mol. The number of hydrogen-bond acceptors (Lipinski definition) is 5. The number of methoxy groups -OCH3 is 1. The summed E-state index contributed by atoms with van der Waals surface area (Å²) in [6.45, 7) is 0.695. The number of nitrogens with two attached hydrogens (primary N) is 1. The number of ether oxygens (including phenoxy) is 1. The molecule has 0 bridgehead atoms. The molecule has 10 heteroatoms. The van der Waals surface area contributed by atoms with Gasteiger partial charge >= 0.3 is 6.18 Å². The van der Waals surface area contributed by atoms with Gasteiger partial charge in [0.05, 0.1) is 12.7 Å². The fraction of sp³-hybridized carbons (Fsp3) is 0.333. The zero-order valence-corrected chi connectivity index (χ0v) is 16.9. The normalized spacial score (nSPS) is 12.5. The maximum Gasteiger partial charge on any atom is 0.434 e. The quantitative estimate of drug-likeness (QED) is 0.449. The summed E-state index contributed by atoms with van der Waals surface area (Å²) >= 11 is 0. The Kier molecular flexibility index (Phi) is 7.01. The van der Waals surface area contributed by atoms with Crippen LogP contribution < -0.4 is 21.1 Å². The summed E-state index contributed by atoms with van der Waals surface area (Å²) in [5, 5.41) is 6.01. The number of para-hydroxylation sites is 1. The first kappa shape index (κ1) is 22.4. The van der Waals surface area contributed by atoms with Gasteiger partial charge in [0.15, 0.2) is 5.69 Å². The average Bonchev–Trinajstić information content (AvgIpc) is 3.21. The van der Waals surface area contributed by atoms with Crippen LogP contribution in [0.4, 0.5) is 19.0 Å². The second-order valence-electron chi connectivity index (χ2n) is 6.94. The third-order valence-electron chi connectivity index (χ3n) is 4.79. The molecule has 0 spiro atoms. The van der Waals surface area contributed by atoms with E-state index in [-0.39, 0.29) is 24.1 Å². The van der Waals surface area contributed by atoms with Crippen molar-refractivity contribution >= 4 is 17.4 Å². The van der Waals surface area contributed by atoms with Crippen molar-refractivity contribution in [1.82, 2.24) is 14.7 Å². The molecule has 0 aliphatic rings. The van der Waals surface area contributed by atoms with Gasteiger partial charge in [-0.2, -0.15) is 13.2 Å². The highest BCUT2D eigenvalue weighted by Crippen LogP contribution is 2.29. The van der Waals surface area contributed by atoms with Crippen LogP contribution in [0.15, 0.2) is 48.7 Å². The van der Waals surface area contributed by atoms with Gasteiger partial charge in [-0.3, -0.25) is 9.20 Å². The summed E-state index contributed by atoms with van der Waals surface area (Å²) in [6, 6.07) is 11.5. The highest BCUT2D eigenvalue weighted by atomic mass is 19.4. The van der Waals surface area contributed by atoms with Crippen molar-refractivity contribution in [2.75, 3.05) is 25.5 Å². The number of amides is 1. The van der Waals surface area contributed by atoms with Crippen molar-refractivity contribution in [3.63, 3.8) is 0 Å². The Morgan fingerprint density at radius 1 is 1.23 bits per heavy atom. The maximum absolute atomic E-state index is 13.0. The van der Waals surface area contributed by atoms with E-state index in [1.165, 1.54) is 17.6 Å². The molecular formula is C21H24F3N5O2. The van der Waals surface area contributed by atoms with Crippen molar-refractivity contribution in [3.8, 4) is 5.75 Å². The molecule has 0 saturated heterocycles. The van der Waals surface area contributed by atoms with Gasteiger partial charge in [-0.25, -0.2) is 4.98 Å². The van der Waals surface area contributed by atoms with Crippen molar-refractivity contribution < 1.29 is 22.7 Å². The minimum atomic E-state index is -4.52. The number of carbonyl (C=O) groups is 1. The molecular weight excluding hydrogens is 411 g/mol. The third-order valence-corrected chi connectivity index (χ3v) is 4.79. The van der Waals surface area contributed by atoms with Gasteiger partial charge in [0.2, 0.25) is 0 Å². The smallest absolute Gasteiger partial charge is 0.434 e. The number of alkyl halides is 3. The van der Waals surface area contributed by atoms with Crippen molar-refractivity contribution in [3.05, 3.63) is 59.9 Å². The molecule has 0 aliphatic heterocycles. The summed E-state index contributed by atoms with van der Waals surface area (Å²) in [5.41, 5.74) is 5.53. The Morgan fingerprint density at radius 3 is 2.71 bits per heavy atom. The lowest BCUT2D eigenvalue weighted by Gasteiger charge is -2.19. The molecule has 7 nitrogen and oxygen atoms in total. The molecule has 1 aromatic carbocycles. The summed E-state index contributed by atoms with van der Waals surface area (Å²) in [7, 11) is 1.50. The molecule has 0 saturated carbocycles. The van der Waals surface area contributed by atoms with E-state index in [2.05, 4.69) is 15.6 Å². The summed E-state index contributed by atoms with van der Waals surface area (Å²) < 4.78 is 45.5. The summed E-state index contributed by atoms with van der Waals surface area (Å²) in [5.74, 6) is 0.722. The number of aromatic nitrogens is 2. The van der Waals surface area contributed by atoms with Gasteiger partial charge in [0.1, 0.15) is 17.2 Å². The maximum atomic E-state index is 13.0. The number of fused-ring (bicyclic) bond motifs is 1. The number of anilines is 1. The largest absolute Gasteiger partial charge is 0.496 e. The van der Waals surface area contributed by atoms with Crippen molar-refractivity contribution in [1.29, 1.82) is 0 Å². The zero-order valence-electron chi connectivity index (χ0n) is 16.9. The van der Waals surface area contributed by atoms with Crippen molar-refractivity contribution in [2.24, 2.45) is 5.73 Å². The second-order valence-corrected chi connectivity index (χ2v) is 6.94. The minimum Gasteiger partial charge on any atom is -0.496 e. The van der Waals surface area contributed by atoms with Gasteiger partial charge < -0.3 is 21.1 Å². The first-order chi connectivity index (χ1) is 14.8. The van der Waals surface area contributed by atoms with Crippen LogP contribution in [0, 0.1) is 0 Å². The molecule has 2 aromatic heterocycles. The van der Waals surface area contributed by atoms with E-state index in [1.807, 2.05) is 0 Å². The Bertz CT molecular complexity index is 1040. The van der Waals surface area contributed by atoms with E-state index in [0.717, 1.165) is 6.20 Å². The number of benzene rings is 1. The first-order valence-electron chi connectivity index (χ1n) is 9.76. The zero-order chi connectivity index (χ0) is 22.4. The second kappa shape index (κ2) is 9.69. The molecule has 4 N–H and O–H groups in total. The Labute approximate surface area is 177 Å². The number of nitrogens with one attached hydrogen (secondary N) is 2. The van der Waals surface area contributed by atoms with Crippen LogP contribution in [0.2, 0.25) is 0 Å². The Morgan fingerprint density at radius 2 is 2.00 bits per heavy atom. The predicted octanol–water partition coefficient (Wildman–Crippen LogP) is 3.31. The standard InChI is InChI=1S/C21H24F3N5O2/c1-31-16-8-3-2-7-15(16)20(30)26-11-5-6-14(12-25)27-18-9-4-10-19-28-17(13-29(18)19)21(22,23)24/h2-4,7-10,13-14,27H,5-6,11-12,25H2,1H3,(H,26,30). The van der Waals surface area contributed by atoms with Gasteiger partial charge in [-0.1, -0.05) is 18.2 Å². The lowest BCUT2D eigenvalue weighted by atomic mass is 10.1.